The molecule has 7 nitrogen and oxygen atoms in total. The van der Waals surface area contributed by atoms with E-state index in [1.165, 1.54) is 12.7 Å². The molecule has 0 saturated heterocycles. The zero-order chi connectivity index (χ0) is 16.2. The van der Waals surface area contributed by atoms with Gasteiger partial charge in [0.2, 0.25) is 5.91 Å². The molecule has 2 aromatic heterocycles. The molecule has 1 fully saturated rings. The lowest BCUT2D eigenvalue weighted by molar-refractivity contribution is -0.126. The summed E-state index contributed by atoms with van der Waals surface area (Å²) in [7, 11) is 0. The SMILES string of the molecule is Cc1cc(NCCNC(=O)[C@@H]2CCC[C@H](C)C2)n2ncnc2n1. The second-order valence-electron chi connectivity index (χ2n) is 6.44. The Morgan fingerprint density at radius 3 is 3.09 bits per heavy atom. The standard InChI is InChI=1S/C16H24N6O/c1-11-4-3-5-13(8-11)15(23)18-7-6-17-14-9-12(2)21-16-19-10-20-22(14)16/h9-11,13,17H,3-8H2,1-2H3,(H,18,23)/t11-,13+/m0/s1. The highest BCUT2D eigenvalue weighted by molar-refractivity contribution is 5.78. The van der Waals surface area contributed by atoms with Crippen molar-refractivity contribution >= 4 is 17.5 Å². The summed E-state index contributed by atoms with van der Waals surface area (Å²) in [5.74, 6) is 2.45. The third-order valence-electron chi connectivity index (χ3n) is 4.42. The van der Waals surface area contributed by atoms with Crippen molar-refractivity contribution in [3.05, 3.63) is 18.1 Å². The first kappa shape index (κ1) is 15.7. The van der Waals surface area contributed by atoms with Gasteiger partial charge in [0.1, 0.15) is 12.1 Å². The highest BCUT2D eigenvalue weighted by atomic mass is 16.1. The molecule has 1 saturated carbocycles. The van der Waals surface area contributed by atoms with Gasteiger partial charge in [-0.3, -0.25) is 4.79 Å². The fourth-order valence-electron chi connectivity index (χ4n) is 3.25. The number of aryl methyl sites for hydroxylation is 1. The predicted octanol–water partition coefficient (Wildman–Crippen LogP) is 1.79. The lowest BCUT2D eigenvalue weighted by atomic mass is 9.82. The van der Waals surface area contributed by atoms with E-state index in [0.717, 1.165) is 30.8 Å². The summed E-state index contributed by atoms with van der Waals surface area (Å²) in [4.78, 5) is 20.6. The molecular formula is C16H24N6O. The highest BCUT2D eigenvalue weighted by Gasteiger charge is 2.24. The Morgan fingerprint density at radius 2 is 2.26 bits per heavy atom. The molecule has 2 N–H and O–H groups in total. The van der Waals surface area contributed by atoms with E-state index >= 15 is 0 Å². The molecule has 2 heterocycles. The fraction of sp³-hybridized carbons (Fsp3) is 0.625. The lowest BCUT2D eigenvalue weighted by Crippen LogP contribution is -2.36. The van der Waals surface area contributed by atoms with E-state index in [0.29, 0.717) is 24.8 Å². The van der Waals surface area contributed by atoms with Crippen LogP contribution in [0.1, 0.15) is 38.3 Å². The van der Waals surface area contributed by atoms with Gasteiger partial charge in [-0.15, -0.1) is 0 Å². The van der Waals surface area contributed by atoms with Crippen LogP contribution < -0.4 is 10.6 Å². The van der Waals surface area contributed by atoms with Crippen LogP contribution >= 0.6 is 0 Å². The van der Waals surface area contributed by atoms with Crippen molar-refractivity contribution in [2.75, 3.05) is 18.4 Å². The summed E-state index contributed by atoms with van der Waals surface area (Å²) in [6, 6.07) is 1.92. The number of fused-ring (bicyclic) bond motifs is 1. The second-order valence-corrected chi connectivity index (χ2v) is 6.44. The van der Waals surface area contributed by atoms with Gasteiger partial charge < -0.3 is 10.6 Å². The molecule has 23 heavy (non-hydrogen) atoms. The molecule has 7 heteroatoms. The Hall–Kier alpha value is -2.18. The number of aromatic nitrogens is 4. The van der Waals surface area contributed by atoms with Gasteiger partial charge in [0.15, 0.2) is 0 Å². The number of carbonyl (C=O) groups is 1. The summed E-state index contributed by atoms with van der Waals surface area (Å²) in [5.41, 5.74) is 0.883. The van der Waals surface area contributed by atoms with Crippen LogP contribution in [0.15, 0.2) is 12.4 Å². The summed E-state index contributed by atoms with van der Waals surface area (Å²) in [6.45, 7) is 5.40. The van der Waals surface area contributed by atoms with Crippen LogP contribution in [0, 0.1) is 18.8 Å². The first-order valence-corrected chi connectivity index (χ1v) is 8.32. The van der Waals surface area contributed by atoms with Gasteiger partial charge in [-0.25, -0.2) is 4.98 Å². The van der Waals surface area contributed by atoms with Gasteiger partial charge in [-0.1, -0.05) is 19.8 Å². The van der Waals surface area contributed by atoms with Gasteiger partial charge in [0.25, 0.3) is 5.78 Å². The molecule has 0 spiro atoms. The van der Waals surface area contributed by atoms with Crippen molar-refractivity contribution in [2.24, 2.45) is 11.8 Å². The molecule has 0 radical (unpaired) electrons. The Bertz CT molecular complexity index is 682. The number of nitrogens with zero attached hydrogens (tertiary/aromatic N) is 4. The second kappa shape index (κ2) is 6.93. The molecule has 1 aliphatic rings. The lowest BCUT2D eigenvalue weighted by Gasteiger charge is -2.25. The van der Waals surface area contributed by atoms with Crippen LogP contribution in [0.25, 0.3) is 5.78 Å². The minimum Gasteiger partial charge on any atom is -0.368 e. The van der Waals surface area contributed by atoms with Crippen molar-refractivity contribution in [3.8, 4) is 0 Å². The van der Waals surface area contributed by atoms with E-state index in [-0.39, 0.29) is 11.8 Å². The Morgan fingerprint density at radius 1 is 1.39 bits per heavy atom. The van der Waals surface area contributed by atoms with Gasteiger partial charge in [-0.2, -0.15) is 14.6 Å². The van der Waals surface area contributed by atoms with Crippen LogP contribution in [0.5, 0.6) is 0 Å². The third kappa shape index (κ3) is 3.78. The zero-order valence-corrected chi connectivity index (χ0v) is 13.7. The summed E-state index contributed by atoms with van der Waals surface area (Å²) < 4.78 is 1.66. The molecule has 0 aliphatic heterocycles. The molecule has 2 aromatic rings. The number of hydrogen-bond acceptors (Lipinski definition) is 5. The first-order chi connectivity index (χ1) is 11.1. The van der Waals surface area contributed by atoms with Crippen molar-refractivity contribution in [1.29, 1.82) is 0 Å². The van der Waals surface area contributed by atoms with Crippen molar-refractivity contribution in [3.63, 3.8) is 0 Å². The monoisotopic (exact) mass is 316 g/mol. The number of anilines is 1. The molecule has 124 valence electrons. The van der Waals surface area contributed by atoms with Crippen LogP contribution in [0.3, 0.4) is 0 Å². The van der Waals surface area contributed by atoms with Crippen molar-refractivity contribution < 1.29 is 4.79 Å². The van der Waals surface area contributed by atoms with E-state index in [2.05, 4.69) is 32.6 Å². The molecule has 1 amide bonds. The van der Waals surface area contributed by atoms with E-state index in [9.17, 15) is 4.79 Å². The Balaban J connectivity index is 1.49. The molecule has 1 aliphatic carbocycles. The number of rotatable bonds is 5. The van der Waals surface area contributed by atoms with Crippen molar-refractivity contribution in [1.82, 2.24) is 24.9 Å². The average Bonchev–Trinajstić information content (AvgIpc) is 2.99. The third-order valence-corrected chi connectivity index (χ3v) is 4.42. The molecule has 3 rings (SSSR count). The fourth-order valence-corrected chi connectivity index (χ4v) is 3.25. The minimum absolute atomic E-state index is 0.184. The van der Waals surface area contributed by atoms with E-state index < -0.39 is 0 Å². The smallest absolute Gasteiger partial charge is 0.254 e. The minimum atomic E-state index is 0.184. The molecular weight excluding hydrogens is 292 g/mol. The summed E-state index contributed by atoms with van der Waals surface area (Å²) >= 11 is 0. The van der Waals surface area contributed by atoms with E-state index in [1.54, 1.807) is 4.52 Å². The van der Waals surface area contributed by atoms with E-state index in [1.807, 2.05) is 13.0 Å². The maximum Gasteiger partial charge on any atom is 0.254 e. The van der Waals surface area contributed by atoms with E-state index in [4.69, 9.17) is 0 Å². The average molecular weight is 316 g/mol. The molecule has 0 bridgehead atoms. The Labute approximate surface area is 135 Å². The first-order valence-electron chi connectivity index (χ1n) is 8.32. The largest absolute Gasteiger partial charge is 0.368 e. The molecule has 0 unspecified atom stereocenters. The van der Waals surface area contributed by atoms with Crippen LogP contribution in [-0.4, -0.2) is 38.6 Å². The Kier molecular flexibility index (Phi) is 4.73. The topological polar surface area (TPSA) is 84.2 Å². The number of amides is 1. The maximum atomic E-state index is 12.2. The van der Waals surface area contributed by atoms with Crippen LogP contribution in [0.2, 0.25) is 0 Å². The van der Waals surface area contributed by atoms with Crippen molar-refractivity contribution in [2.45, 2.75) is 39.5 Å². The molecule has 2 atom stereocenters. The normalized spacial score (nSPS) is 21.3. The van der Waals surface area contributed by atoms with Gasteiger partial charge in [0.05, 0.1) is 0 Å². The number of nitrogens with one attached hydrogen (secondary N) is 2. The van der Waals surface area contributed by atoms with Gasteiger partial charge in [-0.05, 0) is 25.7 Å². The summed E-state index contributed by atoms with van der Waals surface area (Å²) in [5, 5.41) is 10.5. The predicted molar refractivity (Wildman–Crippen MR) is 88.1 cm³/mol. The molecule has 0 aromatic carbocycles. The summed E-state index contributed by atoms with van der Waals surface area (Å²) in [6.07, 6.45) is 5.94. The number of carbonyl (C=O) groups excluding carboxylic acids is 1. The maximum absolute atomic E-state index is 12.2. The van der Waals surface area contributed by atoms with Crippen LogP contribution in [-0.2, 0) is 4.79 Å². The highest BCUT2D eigenvalue weighted by Crippen LogP contribution is 2.28. The van der Waals surface area contributed by atoms with Gasteiger partial charge in [0, 0.05) is 30.8 Å². The van der Waals surface area contributed by atoms with Crippen LogP contribution in [0.4, 0.5) is 5.82 Å². The quantitative estimate of drug-likeness (QED) is 0.822. The van der Waals surface area contributed by atoms with Gasteiger partial charge >= 0.3 is 0 Å². The zero-order valence-electron chi connectivity index (χ0n) is 13.7. The number of hydrogen-bond donors (Lipinski definition) is 2.